The second kappa shape index (κ2) is 7.57. The van der Waals surface area contributed by atoms with Gasteiger partial charge in [0.15, 0.2) is 0 Å². The van der Waals surface area contributed by atoms with Crippen LogP contribution in [0.5, 0.6) is 0 Å². The summed E-state index contributed by atoms with van der Waals surface area (Å²) < 4.78 is 0.962. The van der Waals surface area contributed by atoms with Crippen LogP contribution in [-0.4, -0.2) is 26.1 Å². The first-order chi connectivity index (χ1) is 12.0. The Bertz CT molecular complexity index is 892. The monoisotopic (exact) mass is 399 g/mol. The third-order valence-electron chi connectivity index (χ3n) is 3.87. The topological polar surface area (TPSA) is 72.7 Å². The Morgan fingerprint density at radius 2 is 1.92 bits per heavy atom. The predicted octanol–water partition coefficient (Wildman–Crippen LogP) is 3.29. The number of halogens is 1. The lowest BCUT2D eigenvalue weighted by molar-refractivity contribution is -0.122. The molecule has 0 saturated carbocycles. The molecular weight excluding hydrogens is 382 g/mol. The van der Waals surface area contributed by atoms with Gasteiger partial charge in [0.25, 0.3) is 0 Å². The molecule has 0 aliphatic carbocycles. The molecule has 0 fully saturated rings. The van der Waals surface area contributed by atoms with Crippen molar-refractivity contribution in [2.45, 2.75) is 26.4 Å². The van der Waals surface area contributed by atoms with Crippen molar-refractivity contribution in [3.05, 3.63) is 64.1 Å². The van der Waals surface area contributed by atoms with Crippen molar-refractivity contribution in [1.29, 1.82) is 0 Å². The van der Waals surface area contributed by atoms with E-state index in [2.05, 4.69) is 36.7 Å². The average Bonchev–Trinajstić information content (AvgIpc) is 3.03. The molecule has 1 amide bonds. The number of nitrogens with one attached hydrogen (secondary N) is 1. The third kappa shape index (κ3) is 4.11. The quantitative estimate of drug-likeness (QED) is 0.714. The highest BCUT2D eigenvalue weighted by atomic mass is 79.9. The summed E-state index contributed by atoms with van der Waals surface area (Å²) in [6.45, 7) is 3.95. The first kappa shape index (κ1) is 17.3. The number of aromatic nitrogens is 4. The summed E-state index contributed by atoms with van der Waals surface area (Å²) in [6, 6.07) is 15.5. The van der Waals surface area contributed by atoms with Gasteiger partial charge in [0, 0.05) is 10.0 Å². The zero-order valence-electron chi connectivity index (χ0n) is 14.0. The molecule has 7 heteroatoms. The molecule has 0 unspecified atom stereocenters. The van der Waals surface area contributed by atoms with Crippen LogP contribution in [0.4, 0.5) is 0 Å². The number of aryl methyl sites for hydroxylation is 1. The van der Waals surface area contributed by atoms with E-state index >= 15 is 0 Å². The average molecular weight is 400 g/mol. The lowest BCUT2D eigenvalue weighted by Gasteiger charge is -2.15. The molecule has 128 valence electrons. The fourth-order valence-electron chi connectivity index (χ4n) is 2.56. The fraction of sp³-hybridized carbons (Fsp3) is 0.222. The van der Waals surface area contributed by atoms with Crippen molar-refractivity contribution >= 4 is 21.8 Å². The number of nitrogens with zero attached hydrogens (tertiary/aromatic N) is 4. The number of hydrogen-bond acceptors (Lipinski definition) is 4. The summed E-state index contributed by atoms with van der Waals surface area (Å²) in [7, 11) is 0. The number of amides is 1. The normalized spacial score (nSPS) is 12.0. The Morgan fingerprint density at radius 1 is 1.20 bits per heavy atom. The largest absolute Gasteiger partial charge is 0.348 e. The molecule has 0 bridgehead atoms. The van der Waals surface area contributed by atoms with Crippen LogP contribution in [0.1, 0.15) is 24.1 Å². The van der Waals surface area contributed by atoms with Crippen molar-refractivity contribution in [1.82, 2.24) is 25.5 Å². The van der Waals surface area contributed by atoms with E-state index in [9.17, 15) is 4.79 Å². The Balaban J connectivity index is 1.66. The van der Waals surface area contributed by atoms with E-state index in [1.54, 1.807) is 0 Å². The van der Waals surface area contributed by atoms with E-state index in [-0.39, 0.29) is 18.5 Å². The molecule has 3 aromatic rings. The van der Waals surface area contributed by atoms with E-state index in [4.69, 9.17) is 0 Å². The second-order valence-electron chi connectivity index (χ2n) is 5.77. The third-order valence-corrected chi connectivity index (χ3v) is 4.60. The van der Waals surface area contributed by atoms with Gasteiger partial charge in [-0.1, -0.05) is 58.4 Å². The van der Waals surface area contributed by atoms with Crippen LogP contribution in [0.3, 0.4) is 0 Å². The maximum Gasteiger partial charge on any atom is 0.244 e. The highest BCUT2D eigenvalue weighted by molar-refractivity contribution is 9.10. The van der Waals surface area contributed by atoms with Crippen LogP contribution in [0.25, 0.3) is 11.4 Å². The highest BCUT2D eigenvalue weighted by Gasteiger charge is 2.14. The number of tetrazole rings is 1. The predicted molar refractivity (Wildman–Crippen MR) is 98.7 cm³/mol. The second-order valence-corrected chi connectivity index (χ2v) is 6.62. The first-order valence-electron chi connectivity index (χ1n) is 7.92. The molecular formula is C18H18BrN5O. The highest BCUT2D eigenvalue weighted by Crippen LogP contribution is 2.22. The maximum absolute atomic E-state index is 12.3. The van der Waals surface area contributed by atoms with Crippen molar-refractivity contribution in [2.24, 2.45) is 0 Å². The summed E-state index contributed by atoms with van der Waals surface area (Å²) in [5.74, 6) is 0.349. The van der Waals surface area contributed by atoms with Crippen LogP contribution in [0.2, 0.25) is 0 Å². The molecule has 1 aromatic heterocycles. The van der Waals surface area contributed by atoms with Gasteiger partial charge in [-0.15, -0.1) is 10.2 Å². The number of benzene rings is 2. The molecule has 0 radical (unpaired) electrons. The minimum atomic E-state index is -0.169. The standard InChI is InChI=1S/C18H18BrN5O/c1-12-7-3-4-8-14(12)18-21-23-24(22-18)11-17(25)20-13(2)15-9-5-6-10-16(15)19/h3-10,13H,11H2,1-2H3,(H,20,25)/t13-/m1/s1. The molecule has 0 aliphatic rings. The molecule has 1 heterocycles. The zero-order valence-corrected chi connectivity index (χ0v) is 15.6. The fourth-order valence-corrected chi connectivity index (χ4v) is 3.19. The van der Waals surface area contributed by atoms with Gasteiger partial charge in [0.05, 0.1) is 6.04 Å². The first-order valence-corrected chi connectivity index (χ1v) is 8.71. The molecule has 0 aliphatic heterocycles. The van der Waals surface area contributed by atoms with E-state index in [1.165, 1.54) is 4.80 Å². The van der Waals surface area contributed by atoms with E-state index in [1.807, 2.05) is 62.4 Å². The summed E-state index contributed by atoms with van der Waals surface area (Å²) in [5.41, 5.74) is 2.99. The maximum atomic E-state index is 12.3. The van der Waals surface area contributed by atoms with Gasteiger partial charge >= 0.3 is 0 Å². The van der Waals surface area contributed by atoms with Gasteiger partial charge < -0.3 is 5.32 Å². The van der Waals surface area contributed by atoms with E-state index < -0.39 is 0 Å². The van der Waals surface area contributed by atoms with Gasteiger partial charge in [0.2, 0.25) is 11.7 Å². The SMILES string of the molecule is Cc1ccccc1-c1nnn(CC(=O)N[C@H](C)c2ccccc2Br)n1. The number of rotatable bonds is 5. The lowest BCUT2D eigenvalue weighted by Crippen LogP contribution is -2.31. The summed E-state index contributed by atoms with van der Waals surface area (Å²) in [5, 5.41) is 15.3. The number of hydrogen-bond donors (Lipinski definition) is 1. The van der Waals surface area contributed by atoms with Crippen LogP contribution in [-0.2, 0) is 11.3 Å². The van der Waals surface area contributed by atoms with E-state index in [0.717, 1.165) is 21.2 Å². The van der Waals surface area contributed by atoms with Crippen LogP contribution in [0, 0.1) is 6.92 Å². The minimum absolute atomic E-state index is 0.0215. The summed E-state index contributed by atoms with van der Waals surface area (Å²) in [6.07, 6.45) is 0. The molecule has 0 spiro atoms. The minimum Gasteiger partial charge on any atom is -0.348 e. The van der Waals surface area contributed by atoms with Crippen molar-refractivity contribution in [3.63, 3.8) is 0 Å². The summed E-state index contributed by atoms with van der Waals surface area (Å²) >= 11 is 3.50. The molecule has 0 saturated heterocycles. The van der Waals surface area contributed by atoms with E-state index in [0.29, 0.717) is 5.82 Å². The summed E-state index contributed by atoms with van der Waals surface area (Å²) in [4.78, 5) is 13.6. The molecule has 3 rings (SSSR count). The molecule has 1 N–H and O–H groups in total. The molecule has 25 heavy (non-hydrogen) atoms. The Morgan fingerprint density at radius 3 is 2.68 bits per heavy atom. The lowest BCUT2D eigenvalue weighted by atomic mass is 10.1. The van der Waals surface area contributed by atoms with Crippen molar-refractivity contribution < 1.29 is 4.79 Å². The smallest absolute Gasteiger partial charge is 0.244 e. The van der Waals surface area contributed by atoms with Crippen molar-refractivity contribution in [2.75, 3.05) is 0 Å². The Hall–Kier alpha value is -2.54. The Kier molecular flexibility index (Phi) is 5.23. The number of carbonyl (C=O) groups is 1. The number of carbonyl (C=O) groups excluding carboxylic acids is 1. The van der Waals surface area contributed by atoms with Crippen LogP contribution >= 0.6 is 15.9 Å². The molecule has 6 nitrogen and oxygen atoms in total. The molecule has 2 aromatic carbocycles. The zero-order chi connectivity index (χ0) is 17.8. The van der Waals surface area contributed by atoms with Gasteiger partial charge in [-0.3, -0.25) is 4.79 Å². The van der Waals surface area contributed by atoms with Crippen LogP contribution < -0.4 is 5.32 Å². The van der Waals surface area contributed by atoms with Gasteiger partial charge in [-0.05, 0) is 36.3 Å². The Labute approximate surface area is 154 Å². The van der Waals surface area contributed by atoms with Gasteiger partial charge in [-0.25, -0.2) is 0 Å². The van der Waals surface area contributed by atoms with Crippen LogP contribution in [0.15, 0.2) is 53.0 Å². The van der Waals surface area contributed by atoms with Crippen molar-refractivity contribution in [3.8, 4) is 11.4 Å². The van der Waals surface area contributed by atoms with Gasteiger partial charge in [-0.2, -0.15) is 4.80 Å². The van der Waals surface area contributed by atoms with Gasteiger partial charge in [0.1, 0.15) is 6.54 Å². The molecule has 1 atom stereocenters.